The Morgan fingerprint density at radius 2 is 1.96 bits per heavy atom. The van der Waals surface area contributed by atoms with E-state index in [1.54, 1.807) is 34.5 Å². The molecule has 116 valence electrons. The van der Waals surface area contributed by atoms with E-state index in [-0.39, 0.29) is 5.82 Å². The number of aromatic amines is 1. The van der Waals surface area contributed by atoms with Crippen LogP contribution in [0.25, 0.3) is 22.0 Å². The van der Waals surface area contributed by atoms with Crippen LogP contribution < -0.4 is 11.2 Å². The molecule has 1 aliphatic rings. The molecule has 2 heterocycles. The molecule has 0 amide bonds. The van der Waals surface area contributed by atoms with Crippen molar-refractivity contribution in [1.29, 1.82) is 0 Å². The van der Waals surface area contributed by atoms with Gasteiger partial charge in [-0.25, -0.2) is 9.18 Å². The molecule has 1 aliphatic heterocycles. The molecule has 3 aromatic rings. The van der Waals surface area contributed by atoms with Crippen LogP contribution in [0.4, 0.5) is 4.39 Å². The van der Waals surface area contributed by atoms with Gasteiger partial charge in [-0.3, -0.25) is 14.3 Å². The van der Waals surface area contributed by atoms with Gasteiger partial charge in [0.15, 0.2) is 0 Å². The number of halogens is 2. The normalized spacial score (nSPS) is 13.5. The SMILES string of the molecule is O=c1[nH]c(=O)n2c3c(c(-c4ccc(F)cc4)c(Br)cc13)SCC2. The van der Waals surface area contributed by atoms with Gasteiger partial charge in [0.05, 0.1) is 10.9 Å². The summed E-state index contributed by atoms with van der Waals surface area (Å²) >= 11 is 5.12. The lowest BCUT2D eigenvalue weighted by Gasteiger charge is -2.22. The lowest BCUT2D eigenvalue weighted by molar-refractivity contribution is 0.628. The standard InChI is InChI=1S/C16H10BrFN2O2S/c17-11-7-10-13-14(12(11)8-1-3-9(18)4-2-8)23-6-5-20(13)16(22)19-15(10)21/h1-4,7H,5-6H2,(H,19,21,22). The Bertz CT molecular complexity index is 1060. The van der Waals surface area contributed by atoms with Gasteiger partial charge in [0.1, 0.15) is 5.82 Å². The number of H-pyrrole nitrogens is 1. The molecular formula is C16H10BrFN2O2S. The van der Waals surface area contributed by atoms with E-state index in [4.69, 9.17) is 0 Å². The van der Waals surface area contributed by atoms with Crippen LogP contribution >= 0.6 is 27.7 Å². The van der Waals surface area contributed by atoms with E-state index in [0.29, 0.717) is 17.4 Å². The highest BCUT2D eigenvalue weighted by Gasteiger charge is 2.22. The monoisotopic (exact) mass is 392 g/mol. The minimum absolute atomic E-state index is 0.305. The molecule has 1 N–H and O–H groups in total. The average molecular weight is 393 g/mol. The molecule has 0 aliphatic carbocycles. The van der Waals surface area contributed by atoms with Gasteiger partial charge in [0.2, 0.25) is 0 Å². The number of hydrogen-bond acceptors (Lipinski definition) is 3. The predicted octanol–water partition coefficient (Wildman–Crippen LogP) is 3.36. The maximum atomic E-state index is 13.2. The van der Waals surface area contributed by atoms with Crippen LogP contribution in [0, 0.1) is 5.82 Å². The summed E-state index contributed by atoms with van der Waals surface area (Å²) in [6.45, 7) is 0.550. The van der Waals surface area contributed by atoms with Gasteiger partial charge in [-0.15, -0.1) is 11.8 Å². The molecule has 4 rings (SSSR count). The number of nitrogens with one attached hydrogen (secondary N) is 1. The van der Waals surface area contributed by atoms with E-state index < -0.39 is 11.2 Å². The van der Waals surface area contributed by atoms with Gasteiger partial charge in [-0.1, -0.05) is 28.1 Å². The Hall–Kier alpha value is -1.86. The lowest BCUT2D eigenvalue weighted by Crippen LogP contribution is -2.32. The summed E-state index contributed by atoms with van der Waals surface area (Å²) in [5, 5.41) is 0.476. The molecule has 0 unspecified atom stereocenters. The van der Waals surface area contributed by atoms with Crippen LogP contribution in [0.5, 0.6) is 0 Å². The molecule has 0 spiro atoms. The van der Waals surface area contributed by atoms with Crippen LogP contribution in [-0.4, -0.2) is 15.3 Å². The summed E-state index contributed by atoms with van der Waals surface area (Å²) in [4.78, 5) is 27.5. The Kier molecular flexibility index (Phi) is 3.42. The fourth-order valence-electron chi connectivity index (χ4n) is 2.87. The second-order valence-corrected chi connectivity index (χ2v) is 7.18. The van der Waals surface area contributed by atoms with Crippen molar-refractivity contribution in [2.45, 2.75) is 11.4 Å². The Balaban J connectivity index is 2.17. The second-order valence-electron chi connectivity index (χ2n) is 5.22. The van der Waals surface area contributed by atoms with E-state index in [0.717, 1.165) is 26.2 Å². The van der Waals surface area contributed by atoms with Gasteiger partial charge < -0.3 is 0 Å². The summed E-state index contributed by atoms with van der Waals surface area (Å²) in [6.07, 6.45) is 0. The molecule has 23 heavy (non-hydrogen) atoms. The first-order valence-corrected chi connectivity index (χ1v) is 8.72. The molecule has 4 nitrogen and oxygen atoms in total. The summed E-state index contributed by atoms with van der Waals surface area (Å²) < 4.78 is 15.6. The number of benzene rings is 2. The van der Waals surface area contributed by atoms with Crippen LogP contribution in [-0.2, 0) is 6.54 Å². The summed E-state index contributed by atoms with van der Waals surface area (Å²) in [5.74, 6) is 0.430. The van der Waals surface area contributed by atoms with Crippen molar-refractivity contribution < 1.29 is 4.39 Å². The van der Waals surface area contributed by atoms with Crippen LogP contribution in [0.3, 0.4) is 0 Å². The highest BCUT2D eigenvalue weighted by Crippen LogP contribution is 2.43. The summed E-state index contributed by atoms with van der Waals surface area (Å²) in [7, 11) is 0. The van der Waals surface area contributed by atoms with Crippen LogP contribution in [0.2, 0.25) is 0 Å². The average Bonchev–Trinajstić information content (AvgIpc) is 2.53. The third-order valence-corrected chi connectivity index (χ3v) is 5.58. The number of hydrogen-bond donors (Lipinski definition) is 1. The largest absolute Gasteiger partial charge is 0.328 e. The van der Waals surface area contributed by atoms with Gasteiger partial charge in [-0.2, -0.15) is 0 Å². The van der Waals surface area contributed by atoms with E-state index in [1.165, 1.54) is 12.1 Å². The highest BCUT2D eigenvalue weighted by molar-refractivity contribution is 9.10. The first-order valence-electron chi connectivity index (χ1n) is 6.94. The molecule has 2 aromatic carbocycles. The quantitative estimate of drug-likeness (QED) is 0.690. The third-order valence-electron chi connectivity index (χ3n) is 3.88. The van der Waals surface area contributed by atoms with Gasteiger partial charge in [0, 0.05) is 27.2 Å². The van der Waals surface area contributed by atoms with Gasteiger partial charge >= 0.3 is 5.69 Å². The molecule has 0 saturated carbocycles. The summed E-state index contributed by atoms with van der Waals surface area (Å²) in [6, 6.07) is 7.91. The zero-order valence-corrected chi connectivity index (χ0v) is 14.1. The third kappa shape index (κ3) is 2.26. The van der Waals surface area contributed by atoms with Crippen molar-refractivity contribution in [3.63, 3.8) is 0 Å². The maximum Gasteiger partial charge on any atom is 0.328 e. The molecular weight excluding hydrogens is 383 g/mol. The van der Waals surface area contributed by atoms with Gasteiger partial charge in [-0.05, 0) is 23.8 Å². The van der Waals surface area contributed by atoms with E-state index in [2.05, 4.69) is 20.9 Å². The molecule has 0 fully saturated rings. The zero-order valence-electron chi connectivity index (χ0n) is 11.7. The lowest BCUT2D eigenvalue weighted by atomic mass is 10.0. The zero-order chi connectivity index (χ0) is 16.1. The van der Waals surface area contributed by atoms with Crippen molar-refractivity contribution >= 4 is 38.6 Å². The fourth-order valence-corrected chi connectivity index (χ4v) is 4.86. The predicted molar refractivity (Wildman–Crippen MR) is 92.6 cm³/mol. The minimum Gasteiger partial charge on any atom is -0.291 e. The molecule has 0 saturated heterocycles. The number of thioether (sulfide) groups is 1. The molecule has 1 aromatic heterocycles. The number of aryl methyl sites for hydroxylation is 1. The summed E-state index contributed by atoms with van der Waals surface area (Å²) in [5.41, 5.74) is 1.58. The molecule has 0 radical (unpaired) electrons. The Labute approximate surface area is 142 Å². The molecule has 0 atom stereocenters. The van der Waals surface area contributed by atoms with E-state index in [1.807, 2.05) is 0 Å². The Morgan fingerprint density at radius 1 is 1.22 bits per heavy atom. The van der Waals surface area contributed by atoms with Crippen molar-refractivity contribution in [3.8, 4) is 11.1 Å². The van der Waals surface area contributed by atoms with Crippen LogP contribution in [0.15, 0.2) is 49.3 Å². The van der Waals surface area contributed by atoms with Crippen molar-refractivity contribution in [2.24, 2.45) is 0 Å². The molecule has 0 bridgehead atoms. The topological polar surface area (TPSA) is 54.9 Å². The van der Waals surface area contributed by atoms with Crippen LogP contribution in [0.1, 0.15) is 0 Å². The molecule has 7 heteroatoms. The van der Waals surface area contributed by atoms with E-state index >= 15 is 0 Å². The second kappa shape index (κ2) is 5.35. The first-order chi connectivity index (χ1) is 11.1. The smallest absolute Gasteiger partial charge is 0.291 e. The van der Waals surface area contributed by atoms with Crippen molar-refractivity contribution in [1.82, 2.24) is 9.55 Å². The van der Waals surface area contributed by atoms with Gasteiger partial charge in [0.25, 0.3) is 5.56 Å². The first kappa shape index (κ1) is 14.7. The van der Waals surface area contributed by atoms with Crippen molar-refractivity contribution in [3.05, 3.63) is 61.5 Å². The number of nitrogens with zero attached hydrogens (tertiary/aromatic N) is 1. The van der Waals surface area contributed by atoms with Crippen molar-refractivity contribution in [2.75, 3.05) is 5.75 Å². The number of rotatable bonds is 1. The fraction of sp³-hybridized carbons (Fsp3) is 0.125. The maximum absolute atomic E-state index is 13.2. The highest BCUT2D eigenvalue weighted by atomic mass is 79.9. The van der Waals surface area contributed by atoms with E-state index in [9.17, 15) is 14.0 Å². The minimum atomic E-state index is -0.392. The Morgan fingerprint density at radius 3 is 2.70 bits per heavy atom. The number of aromatic nitrogens is 2.